The molecule has 1 aromatic carbocycles. The van der Waals surface area contributed by atoms with E-state index < -0.39 is 17.2 Å². The van der Waals surface area contributed by atoms with Crippen LogP contribution >= 0.6 is 0 Å². The van der Waals surface area contributed by atoms with Crippen molar-refractivity contribution in [1.82, 2.24) is 20.3 Å². The molecule has 0 aliphatic carbocycles. The van der Waals surface area contributed by atoms with Gasteiger partial charge in [0.1, 0.15) is 22.9 Å². The molecule has 106 valence electrons. The maximum atomic E-state index is 13.1. The molecule has 7 heteroatoms. The van der Waals surface area contributed by atoms with Crippen molar-refractivity contribution in [3.8, 4) is 0 Å². The Morgan fingerprint density at radius 2 is 2.05 bits per heavy atom. The maximum Gasteiger partial charge on any atom is 0.126 e. The van der Waals surface area contributed by atoms with E-state index in [1.165, 1.54) is 18.3 Å². The fourth-order valence-corrected chi connectivity index (χ4v) is 2.60. The minimum atomic E-state index is -1.06. The summed E-state index contributed by atoms with van der Waals surface area (Å²) in [5.74, 6) is -1.18. The van der Waals surface area contributed by atoms with Crippen molar-refractivity contribution in [2.75, 3.05) is 13.1 Å². The molecule has 1 aromatic heterocycles. The average Bonchev–Trinajstić information content (AvgIpc) is 2.98. The van der Waals surface area contributed by atoms with E-state index in [1.54, 1.807) is 0 Å². The predicted octanol–water partition coefficient (Wildman–Crippen LogP) is 1.18. The van der Waals surface area contributed by atoms with Gasteiger partial charge in [-0.3, -0.25) is 4.90 Å². The Morgan fingerprint density at radius 3 is 2.70 bits per heavy atom. The molecule has 1 fully saturated rings. The van der Waals surface area contributed by atoms with Crippen LogP contribution in [0.5, 0.6) is 0 Å². The first-order chi connectivity index (χ1) is 9.55. The van der Waals surface area contributed by atoms with E-state index in [4.69, 9.17) is 0 Å². The molecule has 0 saturated carbocycles. The standard InChI is InChI=1S/C13H14F2N4O/c14-10-3-9(4-11(15)5-10)7-19-2-1-13(20,8-19)12-6-16-18-17-12/h3-6,20H,1-2,7-8H2,(H,16,17,18)/t13-/m1/s1. The van der Waals surface area contributed by atoms with Crippen LogP contribution < -0.4 is 0 Å². The van der Waals surface area contributed by atoms with E-state index in [1.807, 2.05) is 4.90 Å². The summed E-state index contributed by atoms with van der Waals surface area (Å²) >= 11 is 0. The van der Waals surface area contributed by atoms with Crippen LogP contribution in [0.4, 0.5) is 8.78 Å². The first-order valence-corrected chi connectivity index (χ1v) is 6.31. The quantitative estimate of drug-likeness (QED) is 0.886. The van der Waals surface area contributed by atoms with Crippen LogP contribution in [-0.4, -0.2) is 38.5 Å². The summed E-state index contributed by atoms with van der Waals surface area (Å²) in [7, 11) is 0. The van der Waals surface area contributed by atoms with Gasteiger partial charge in [0.15, 0.2) is 0 Å². The number of aromatic amines is 1. The Morgan fingerprint density at radius 1 is 1.30 bits per heavy atom. The van der Waals surface area contributed by atoms with Crippen molar-refractivity contribution in [2.24, 2.45) is 0 Å². The van der Waals surface area contributed by atoms with E-state index in [-0.39, 0.29) is 0 Å². The molecule has 0 unspecified atom stereocenters. The Labute approximate surface area is 114 Å². The molecule has 0 amide bonds. The van der Waals surface area contributed by atoms with E-state index in [9.17, 15) is 13.9 Å². The third-order valence-corrected chi connectivity index (χ3v) is 3.55. The van der Waals surface area contributed by atoms with Crippen molar-refractivity contribution in [2.45, 2.75) is 18.6 Å². The minimum absolute atomic E-state index is 0.359. The number of likely N-dealkylation sites (tertiary alicyclic amines) is 1. The van der Waals surface area contributed by atoms with Crippen molar-refractivity contribution < 1.29 is 13.9 Å². The summed E-state index contributed by atoms with van der Waals surface area (Å²) in [6.45, 7) is 1.37. The molecule has 2 heterocycles. The van der Waals surface area contributed by atoms with E-state index in [0.29, 0.717) is 37.3 Å². The highest BCUT2D eigenvalue weighted by molar-refractivity contribution is 5.19. The van der Waals surface area contributed by atoms with E-state index >= 15 is 0 Å². The summed E-state index contributed by atoms with van der Waals surface area (Å²) in [5.41, 5.74) is -0.0175. The van der Waals surface area contributed by atoms with Gasteiger partial charge in [-0.15, -0.1) is 0 Å². The van der Waals surface area contributed by atoms with Gasteiger partial charge >= 0.3 is 0 Å². The maximum absolute atomic E-state index is 13.1. The number of halogens is 2. The van der Waals surface area contributed by atoms with Crippen LogP contribution in [0, 0.1) is 11.6 Å². The Balaban J connectivity index is 1.71. The number of nitrogens with zero attached hydrogens (tertiary/aromatic N) is 3. The van der Waals surface area contributed by atoms with Gasteiger partial charge < -0.3 is 5.11 Å². The minimum Gasteiger partial charge on any atom is -0.382 e. The van der Waals surface area contributed by atoms with Crippen LogP contribution in [0.25, 0.3) is 0 Å². The van der Waals surface area contributed by atoms with Crippen LogP contribution in [0.15, 0.2) is 24.4 Å². The predicted molar refractivity (Wildman–Crippen MR) is 66.5 cm³/mol. The summed E-state index contributed by atoms with van der Waals surface area (Å²) < 4.78 is 26.3. The van der Waals surface area contributed by atoms with E-state index in [0.717, 1.165) is 6.07 Å². The summed E-state index contributed by atoms with van der Waals surface area (Å²) in [6, 6.07) is 3.45. The van der Waals surface area contributed by atoms with Gasteiger partial charge in [-0.2, -0.15) is 15.4 Å². The van der Waals surface area contributed by atoms with Crippen molar-refractivity contribution >= 4 is 0 Å². The monoisotopic (exact) mass is 280 g/mol. The molecule has 0 radical (unpaired) electrons. The largest absolute Gasteiger partial charge is 0.382 e. The van der Waals surface area contributed by atoms with Crippen LogP contribution in [0.2, 0.25) is 0 Å². The second kappa shape index (κ2) is 4.92. The number of β-amino-alcohol motifs (C(OH)–C–C–N with tert-alkyl or cyclic N) is 1. The second-order valence-corrected chi connectivity index (χ2v) is 5.13. The summed E-state index contributed by atoms with van der Waals surface area (Å²) in [5, 5.41) is 20.6. The molecule has 1 aliphatic heterocycles. The molecule has 1 saturated heterocycles. The van der Waals surface area contributed by atoms with Crippen molar-refractivity contribution in [3.63, 3.8) is 0 Å². The van der Waals surface area contributed by atoms with Crippen LogP contribution in [0.3, 0.4) is 0 Å². The molecular formula is C13H14F2N4O. The highest BCUT2D eigenvalue weighted by Crippen LogP contribution is 2.31. The first kappa shape index (κ1) is 13.1. The van der Waals surface area contributed by atoms with Crippen LogP contribution in [0.1, 0.15) is 17.7 Å². The number of aromatic nitrogens is 3. The third-order valence-electron chi connectivity index (χ3n) is 3.55. The number of rotatable bonds is 3. The topological polar surface area (TPSA) is 65.0 Å². The number of hydrogen-bond donors (Lipinski definition) is 2. The van der Waals surface area contributed by atoms with Gasteiger partial charge in [0.2, 0.25) is 0 Å². The lowest BCUT2D eigenvalue weighted by molar-refractivity contribution is 0.0408. The first-order valence-electron chi connectivity index (χ1n) is 6.31. The van der Waals surface area contributed by atoms with Crippen molar-refractivity contribution in [1.29, 1.82) is 0 Å². The number of H-pyrrole nitrogens is 1. The Hall–Kier alpha value is -1.86. The van der Waals surface area contributed by atoms with Crippen LogP contribution in [-0.2, 0) is 12.1 Å². The number of aliphatic hydroxyl groups is 1. The fraction of sp³-hybridized carbons (Fsp3) is 0.385. The number of benzene rings is 1. The van der Waals surface area contributed by atoms with Gasteiger partial charge in [-0.05, 0) is 24.1 Å². The molecular weight excluding hydrogens is 266 g/mol. The molecule has 1 atom stereocenters. The highest BCUT2D eigenvalue weighted by atomic mass is 19.1. The average molecular weight is 280 g/mol. The van der Waals surface area contributed by atoms with Gasteiger partial charge in [-0.1, -0.05) is 0 Å². The normalized spacial score (nSPS) is 23.4. The smallest absolute Gasteiger partial charge is 0.126 e. The zero-order valence-electron chi connectivity index (χ0n) is 10.7. The highest BCUT2D eigenvalue weighted by Gasteiger charge is 2.39. The lowest BCUT2D eigenvalue weighted by Gasteiger charge is -2.21. The number of nitrogens with one attached hydrogen (secondary N) is 1. The molecule has 20 heavy (non-hydrogen) atoms. The molecule has 3 rings (SSSR count). The third kappa shape index (κ3) is 2.54. The number of hydrogen-bond acceptors (Lipinski definition) is 4. The van der Waals surface area contributed by atoms with Gasteiger partial charge in [-0.25, -0.2) is 8.78 Å². The SMILES string of the molecule is O[C@]1(c2cn[nH]n2)CCN(Cc2cc(F)cc(F)c2)C1. The molecule has 0 spiro atoms. The summed E-state index contributed by atoms with van der Waals surface area (Å²) in [4.78, 5) is 1.93. The zero-order chi connectivity index (χ0) is 14.2. The Kier molecular flexibility index (Phi) is 3.23. The molecule has 2 N–H and O–H groups in total. The second-order valence-electron chi connectivity index (χ2n) is 5.13. The lowest BCUT2D eigenvalue weighted by Crippen LogP contribution is -2.31. The molecule has 1 aliphatic rings. The van der Waals surface area contributed by atoms with Gasteiger partial charge in [0, 0.05) is 25.7 Å². The van der Waals surface area contributed by atoms with Gasteiger partial charge in [0.25, 0.3) is 0 Å². The Bertz CT molecular complexity index is 584. The van der Waals surface area contributed by atoms with E-state index in [2.05, 4.69) is 15.4 Å². The molecule has 5 nitrogen and oxygen atoms in total. The van der Waals surface area contributed by atoms with Crippen molar-refractivity contribution in [3.05, 3.63) is 47.3 Å². The van der Waals surface area contributed by atoms with Gasteiger partial charge in [0.05, 0.1) is 6.20 Å². The zero-order valence-corrected chi connectivity index (χ0v) is 10.7. The molecule has 0 bridgehead atoms. The lowest BCUT2D eigenvalue weighted by atomic mass is 10.00. The summed E-state index contributed by atoms with van der Waals surface area (Å²) in [6.07, 6.45) is 2.00. The molecule has 2 aromatic rings. The fourth-order valence-electron chi connectivity index (χ4n) is 2.60.